The number of phenols is 1. The molecule has 2 rings (SSSR count). The predicted molar refractivity (Wildman–Crippen MR) is 67.7 cm³/mol. The standard InChI is InChI=1S/C11H8ClN5O/c12-7-3-5(1-2-8(7)18)9-6(4-13)10(14)17-11(15)16-9/h1-3,18H,(H4,14,15,16,17). The highest BCUT2D eigenvalue weighted by atomic mass is 35.5. The number of phenolic OH excluding ortho intramolecular Hbond substituents is 1. The quantitative estimate of drug-likeness (QED) is 0.716. The minimum absolute atomic E-state index is 0.00389. The molecule has 1 aromatic carbocycles. The number of nitrogens with two attached hydrogens (primary N) is 2. The Bertz CT molecular complexity index is 665. The summed E-state index contributed by atoms with van der Waals surface area (Å²) in [7, 11) is 0. The summed E-state index contributed by atoms with van der Waals surface area (Å²) < 4.78 is 0. The Kier molecular flexibility index (Phi) is 2.92. The topological polar surface area (TPSA) is 122 Å². The Morgan fingerprint density at radius 2 is 2.00 bits per heavy atom. The van der Waals surface area contributed by atoms with Crippen LogP contribution in [0.2, 0.25) is 5.02 Å². The SMILES string of the molecule is N#Cc1c(N)nc(N)nc1-c1ccc(O)c(Cl)c1. The number of halogens is 1. The summed E-state index contributed by atoms with van der Waals surface area (Å²) in [5.41, 5.74) is 12.0. The molecule has 0 spiro atoms. The van der Waals surface area contributed by atoms with E-state index in [0.29, 0.717) is 5.56 Å². The van der Waals surface area contributed by atoms with E-state index < -0.39 is 0 Å². The maximum atomic E-state index is 9.35. The van der Waals surface area contributed by atoms with E-state index in [9.17, 15) is 5.11 Å². The van der Waals surface area contributed by atoms with Crippen molar-refractivity contribution in [3.8, 4) is 23.1 Å². The van der Waals surface area contributed by atoms with Gasteiger partial charge in [-0.1, -0.05) is 11.6 Å². The highest BCUT2D eigenvalue weighted by molar-refractivity contribution is 6.32. The van der Waals surface area contributed by atoms with Gasteiger partial charge >= 0.3 is 0 Å². The molecule has 0 atom stereocenters. The molecule has 7 heteroatoms. The van der Waals surface area contributed by atoms with Crippen LogP contribution in [0.5, 0.6) is 5.75 Å². The van der Waals surface area contributed by atoms with Crippen LogP contribution in [0, 0.1) is 11.3 Å². The summed E-state index contributed by atoms with van der Waals surface area (Å²) in [5.74, 6) is -0.0937. The lowest BCUT2D eigenvalue weighted by molar-refractivity contribution is 0.475. The smallest absolute Gasteiger partial charge is 0.222 e. The van der Waals surface area contributed by atoms with E-state index in [2.05, 4.69) is 9.97 Å². The number of nitrogens with zero attached hydrogens (tertiary/aromatic N) is 3. The van der Waals surface area contributed by atoms with E-state index in [1.54, 1.807) is 6.07 Å². The summed E-state index contributed by atoms with van der Waals surface area (Å²) in [5, 5.41) is 18.5. The lowest BCUT2D eigenvalue weighted by Crippen LogP contribution is -2.04. The maximum Gasteiger partial charge on any atom is 0.222 e. The number of aromatic hydroxyl groups is 1. The van der Waals surface area contributed by atoms with Crippen LogP contribution in [0.3, 0.4) is 0 Å². The van der Waals surface area contributed by atoms with E-state index in [4.69, 9.17) is 28.3 Å². The Balaban J connectivity index is 2.70. The van der Waals surface area contributed by atoms with Gasteiger partial charge in [-0.15, -0.1) is 0 Å². The summed E-state index contributed by atoms with van der Waals surface area (Å²) >= 11 is 5.80. The average molecular weight is 262 g/mol. The third-order valence-corrected chi connectivity index (χ3v) is 2.59. The molecule has 0 saturated heterocycles. The highest BCUT2D eigenvalue weighted by Gasteiger charge is 2.14. The van der Waals surface area contributed by atoms with Crippen molar-refractivity contribution in [2.45, 2.75) is 0 Å². The molecule has 1 aromatic heterocycles. The van der Waals surface area contributed by atoms with Gasteiger partial charge in [0.05, 0.1) is 10.7 Å². The molecule has 0 saturated carbocycles. The largest absolute Gasteiger partial charge is 0.506 e. The van der Waals surface area contributed by atoms with Crippen LogP contribution in [0.1, 0.15) is 5.56 Å². The van der Waals surface area contributed by atoms with Gasteiger partial charge in [0.1, 0.15) is 23.2 Å². The maximum absolute atomic E-state index is 9.35. The number of benzene rings is 1. The van der Waals surface area contributed by atoms with Crippen LogP contribution < -0.4 is 11.5 Å². The van der Waals surface area contributed by atoms with Crippen molar-refractivity contribution in [2.75, 3.05) is 11.5 Å². The Morgan fingerprint density at radius 3 is 2.61 bits per heavy atom. The average Bonchev–Trinajstić information content (AvgIpc) is 2.32. The summed E-state index contributed by atoms with van der Waals surface area (Å²) in [6.07, 6.45) is 0. The first-order valence-electron chi connectivity index (χ1n) is 4.85. The monoisotopic (exact) mass is 261 g/mol. The van der Waals surface area contributed by atoms with E-state index in [0.717, 1.165) is 0 Å². The molecule has 2 aromatic rings. The van der Waals surface area contributed by atoms with E-state index in [-0.39, 0.29) is 33.8 Å². The number of hydrogen-bond donors (Lipinski definition) is 3. The fourth-order valence-corrected chi connectivity index (χ4v) is 1.65. The van der Waals surface area contributed by atoms with Crippen LogP contribution in [0.25, 0.3) is 11.3 Å². The molecule has 18 heavy (non-hydrogen) atoms. The third-order valence-electron chi connectivity index (χ3n) is 2.29. The predicted octanol–water partition coefficient (Wildman–Crippen LogP) is 1.54. The number of aromatic nitrogens is 2. The Morgan fingerprint density at radius 1 is 1.28 bits per heavy atom. The molecule has 0 radical (unpaired) electrons. The van der Waals surface area contributed by atoms with Crippen molar-refractivity contribution in [2.24, 2.45) is 0 Å². The molecule has 1 heterocycles. The minimum Gasteiger partial charge on any atom is -0.506 e. The van der Waals surface area contributed by atoms with Crippen molar-refractivity contribution in [1.82, 2.24) is 9.97 Å². The lowest BCUT2D eigenvalue weighted by atomic mass is 10.1. The van der Waals surface area contributed by atoms with Crippen LogP contribution in [0.4, 0.5) is 11.8 Å². The van der Waals surface area contributed by atoms with Crippen molar-refractivity contribution in [1.29, 1.82) is 5.26 Å². The van der Waals surface area contributed by atoms with Crippen molar-refractivity contribution >= 4 is 23.4 Å². The van der Waals surface area contributed by atoms with Gasteiger partial charge in [0, 0.05) is 5.56 Å². The van der Waals surface area contributed by atoms with Crippen molar-refractivity contribution in [3.63, 3.8) is 0 Å². The second-order valence-electron chi connectivity index (χ2n) is 3.47. The van der Waals surface area contributed by atoms with Crippen molar-refractivity contribution < 1.29 is 5.11 Å². The molecule has 0 amide bonds. The molecule has 6 nitrogen and oxygen atoms in total. The zero-order valence-electron chi connectivity index (χ0n) is 9.05. The number of rotatable bonds is 1. The van der Waals surface area contributed by atoms with E-state index >= 15 is 0 Å². The normalized spacial score (nSPS) is 10.0. The van der Waals surface area contributed by atoms with Gasteiger partial charge in [0.25, 0.3) is 0 Å². The van der Waals surface area contributed by atoms with Gasteiger partial charge < -0.3 is 16.6 Å². The molecule has 0 aliphatic carbocycles. The molecular formula is C11H8ClN5O. The van der Waals surface area contributed by atoms with Gasteiger partial charge in [-0.05, 0) is 18.2 Å². The summed E-state index contributed by atoms with van der Waals surface area (Å²) in [4.78, 5) is 7.68. The van der Waals surface area contributed by atoms with Gasteiger partial charge in [0.2, 0.25) is 5.95 Å². The first-order valence-corrected chi connectivity index (χ1v) is 5.22. The van der Waals surface area contributed by atoms with Crippen LogP contribution in [-0.2, 0) is 0 Å². The number of nitrogen functional groups attached to an aromatic ring is 2. The fourth-order valence-electron chi connectivity index (χ4n) is 1.47. The zero-order valence-corrected chi connectivity index (χ0v) is 9.81. The molecule has 0 aliphatic heterocycles. The van der Waals surface area contributed by atoms with Crippen LogP contribution in [0.15, 0.2) is 18.2 Å². The summed E-state index contributed by atoms with van der Waals surface area (Å²) in [6, 6.07) is 6.34. The van der Waals surface area contributed by atoms with Gasteiger partial charge in [-0.3, -0.25) is 0 Å². The van der Waals surface area contributed by atoms with Crippen LogP contribution >= 0.6 is 11.6 Å². The Labute approximate surface area is 107 Å². The Hall–Kier alpha value is -2.52. The molecule has 0 fully saturated rings. The molecule has 0 aliphatic rings. The molecule has 0 unspecified atom stereocenters. The second kappa shape index (κ2) is 4.39. The van der Waals surface area contributed by atoms with Gasteiger partial charge in [-0.2, -0.15) is 10.2 Å². The van der Waals surface area contributed by atoms with E-state index in [1.165, 1.54) is 12.1 Å². The summed E-state index contributed by atoms with van der Waals surface area (Å²) in [6.45, 7) is 0. The first kappa shape index (κ1) is 12.0. The van der Waals surface area contributed by atoms with E-state index in [1.807, 2.05) is 6.07 Å². The van der Waals surface area contributed by atoms with Gasteiger partial charge in [0.15, 0.2) is 0 Å². The number of hydrogen-bond acceptors (Lipinski definition) is 6. The molecule has 90 valence electrons. The molecule has 0 bridgehead atoms. The highest BCUT2D eigenvalue weighted by Crippen LogP contribution is 2.31. The van der Waals surface area contributed by atoms with Gasteiger partial charge in [-0.25, -0.2) is 4.98 Å². The van der Waals surface area contributed by atoms with Crippen molar-refractivity contribution in [3.05, 3.63) is 28.8 Å². The number of nitriles is 1. The zero-order chi connectivity index (χ0) is 13.3. The second-order valence-corrected chi connectivity index (χ2v) is 3.88. The third kappa shape index (κ3) is 1.99. The van der Waals surface area contributed by atoms with Crippen LogP contribution in [-0.4, -0.2) is 15.1 Å². The number of anilines is 2. The minimum atomic E-state index is -0.0612. The molecule has 5 N–H and O–H groups in total. The fraction of sp³-hybridized carbons (Fsp3) is 0. The lowest BCUT2D eigenvalue weighted by Gasteiger charge is -2.07. The molecular weight excluding hydrogens is 254 g/mol. The first-order chi connectivity index (χ1) is 8.52.